The molecule has 3 rings (SSSR count). The van der Waals surface area contributed by atoms with Crippen LogP contribution in [0.15, 0.2) is 47.4 Å². The van der Waals surface area contributed by atoms with Crippen molar-refractivity contribution in [1.82, 2.24) is 9.62 Å². The molecule has 0 bridgehead atoms. The lowest BCUT2D eigenvalue weighted by Gasteiger charge is -2.21. The molecule has 3 amide bonds. The Bertz CT molecular complexity index is 1180. The monoisotopic (exact) mass is 457 g/mol. The van der Waals surface area contributed by atoms with Crippen LogP contribution in [0.25, 0.3) is 0 Å². The summed E-state index contributed by atoms with van der Waals surface area (Å²) in [4.78, 5) is 39.1. The lowest BCUT2D eigenvalue weighted by Crippen LogP contribution is -2.40. The third-order valence-corrected chi connectivity index (χ3v) is 6.65. The van der Waals surface area contributed by atoms with Gasteiger partial charge in [0.05, 0.1) is 16.8 Å². The zero-order valence-corrected chi connectivity index (χ0v) is 19.4. The lowest BCUT2D eigenvalue weighted by molar-refractivity contribution is 0.0652. The second-order valence-corrected chi connectivity index (χ2v) is 10.3. The Hall–Kier alpha value is -3.04. The smallest absolute Gasteiger partial charge is 0.261 e. The summed E-state index contributed by atoms with van der Waals surface area (Å²) in [5, 5.41) is 2.61. The normalized spacial score (nSPS) is 13.9. The number of carbonyl (C=O) groups excluding carboxylic acids is 3. The molecule has 0 fully saturated rings. The standard InChI is InChI=1S/C23H27N3O5S/c1-5-6-13-26-21(28)16-12-11-15(14-17(16)22(26)29)20(27)24-18-9-7-8-10-19(18)32(30,31)25-23(2,3)4/h7-12,14,25H,5-6,13H2,1-4H3,(H,24,27). The molecule has 0 atom stereocenters. The summed E-state index contributed by atoms with van der Waals surface area (Å²) in [6.07, 6.45) is 1.54. The Morgan fingerprint density at radius 2 is 1.66 bits per heavy atom. The van der Waals surface area contributed by atoms with Gasteiger partial charge in [-0.1, -0.05) is 25.5 Å². The zero-order chi connectivity index (χ0) is 23.7. The number of unbranched alkanes of at least 4 members (excludes halogenated alkanes) is 1. The van der Waals surface area contributed by atoms with E-state index in [1.165, 1.54) is 35.2 Å². The molecule has 2 aromatic carbocycles. The fraction of sp³-hybridized carbons (Fsp3) is 0.348. The number of nitrogens with one attached hydrogen (secondary N) is 2. The van der Waals surface area contributed by atoms with Crippen LogP contribution in [-0.4, -0.2) is 43.1 Å². The van der Waals surface area contributed by atoms with Gasteiger partial charge in [0, 0.05) is 17.6 Å². The predicted octanol–water partition coefficient (Wildman–Crippen LogP) is 3.41. The number of amides is 3. The number of imide groups is 1. The fourth-order valence-electron chi connectivity index (χ4n) is 3.41. The minimum atomic E-state index is -3.89. The van der Waals surface area contributed by atoms with Crippen LogP contribution in [0.1, 0.15) is 71.6 Å². The second-order valence-electron chi connectivity index (χ2n) is 8.68. The minimum Gasteiger partial charge on any atom is -0.321 e. The van der Waals surface area contributed by atoms with Gasteiger partial charge in [0.1, 0.15) is 4.90 Å². The minimum absolute atomic E-state index is 0.0681. The number of nitrogens with zero attached hydrogens (tertiary/aromatic N) is 1. The van der Waals surface area contributed by atoms with Crippen LogP contribution in [0, 0.1) is 0 Å². The summed E-state index contributed by atoms with van der Waals surface area (Å²) >= 11 is 0. The van der Waals surface area contributed by atoms with Gasteiger partial charge in [-0.2, -0.15) is 0 Å². The largest absolute Gasteiger partial charge is 0.321 e. The number of rotatable bonds is 7. The molecule has 32 heavy (non-hydrogen) atoms. The molecule has 8 nitrogen and oxygen atoms in total. The Morgan fingerprint density at radius 1 is 1.00 bits per heavy atom. The van der Waals surface area contributed by atoms with Crippen LogP contribution >= 0.6 is 0 Å². The van der Waals surface area contributed by atoms with E-state index in [-0.39, 0.29) is 33.2 Å². The number of carbonyl (C=O) groups is 3. The van der Waals surface area contributed by atoms with Gasteiger partial charge < -0.3 is 5.32 Å². The molecule has 0 aromatic heterocycles. The molecule has 0 saturated carbocycles. The Labute approximate surface area is 188 Å². The van der Waals surface area contributed by atoms with Crippen molar-refractivity contribution in [2.24, 2.45) is 0 Å². The molecule has 0 radical (unpaired) electrons. The van der Waals surface area contributed by atoms with Gasteiger partial charge in [0.15, 0.2) is 0 Å². The van der Waals surface area contributed by atoms with E-state index in [4.69, 9.17) is 0 Å². The Morgan fingerprint density at radius 3 is 2.31 bits per heavy atom. The predicted molar refractivity (Wildman–Crippen MR) is 121 cm³/mol. The first-order valence-electron chi connectivity index (χ1n) is 10.4. The van der Waals surface area contributed by atoms with E-state index in [1.54, 1.807) is 32.9 Å². The first-order chi connectivity index (χ1) is 14.9. The molecule has 2 N–H and O–H groups in total. The number of para-hydroxylation sites is 1. The van der Waals surface area contributed by atoms with Crippen molar-refractivity contribution in [3.8, 4) is 0 Å². The molecular formula is C23H27N3O5S. The number of benzene rings is 2. The fourth-order valence-corrected chi connectivity index (χ4v) is 4.99. The maximum absolute atomic E-state index is 12.9. The summed E-state index contributed by atoms with van der Waals surface area (Å²) in [5.41, 5.74) is 0.000893. The van der Waals surface area contributed by atoms with Crippen LogP contribution in [0.2, 0.25) is 0 Å². The topological polar surface area (TPSA) is 113 Å². The van der Waals surface area contributed by atoms with E-state index in [9.17, 15) is 22.8 Å². The molecule has 0 aliphatic carbocycles. The number of sulfonamides is 1. The molecule has 1 aliphatic rings. The van der Waals surface area contributed by atoms with Gasteiger partial charge in [-0.05, 0) is 57.5 Å². The quantitative estimate of drug-likeness (QED) is 0.619. The number of fused-ring (bicyclic) bond motifs is 1. The van der Waals surface area contributed by atoms with Crippen LogP contribution in [0.5, 0.6) is 0 Å². The van der Waals surface area contributed by atoms with E-state index < -0.39 is 27.4 Å². The zero-order valence-electron chi connectivity index (χ0n) is 18.6. The van der Waals surface area contributed by atoms with Crippen LogP contribution in [0.3, 0.4) is 0 Å². The van der Waals surface area contributed by atoms with Crippen molar-refractivity contribution in [3.63, 3.8) is 0 Å². The summed E-state index contributed by atoms with van der Waals surface area (Å²) in [7, 11) is -3.89. The summed E-state index contributed by atoms with van der Waals surface area (Å²) < 4.78 is 28.1. The highest BCUT2D eigenvalue weighted by Crippen LogP contribution is 2.26. The number of hydrogen-bond donors (Lipinski definition) is 2. The summed E-state index contributed by atoms with van der Waals surface area (Å²) in [6.45, 7) is 7.46. The summed E-state index contributed by atoms with van der Waals surface area (Å²) in [5.74, 6) is -1.38. The molecular weight excluding hydrogens is 430 g/mol. The van der Waals surface area contributed by atoms with Gasteiger partial charge in [0.25, 0.3) is 17.7 Å². The molecule has 0 unspecified atom stereocenters. The average molecular weight is 458 g/mol. The van der Waals surface area contributed by atoms with Gasteiger partial charge >= 0.3 is 0 Å². The molecule has 9 heteroatoms. The number of anilines is 1. The van der Waals surface area contributed by atoms with E-state index in [0.717, 1.165) is 6.42 Å². The first kappa shape index (κ1) is 23.6. The molecule has 0 spiro atoms. The van der Waals surface area contributed by atoms with Gasteiger partial charge in [-0.15, -0.1) is 0 Å². The van der Waals surface area contributed by atoms with E-state index in [1.807, 2.05) is 6.92 Å². The second kappa shape index (κ2) is 8.84. The maximum Gasteiger partial charge on any atom is 0.261 e. The third kappa shape index (κ3) is 4.89. The van der Waals surface area contributed by atoms with E-state index >= 15 is 0 Å². The molecule has 0 saturated heterocycles. The number of hydrogen-bond acceptors (Lipinski definition) is 5. The lowest BCUT2D eigenvalue weighted by atomic mass is 10.1. The molecule has 2 aromatic rings. The highest BCUT2D eigenvalue weighted by atomic mass is 32.2. The van der Waals surface area contributed by atoms with Crippen LogP contribution in [-0.2, 0) is 10.0 Å². The van der Waals surface area contributed by atoms with E-state index in [0.29, 0.717) is 13.0 Å². The van der Waals surface area contributed by atoms with Crippen molar-refractivity contribution >= 4 is 33.4 Å². The third-order valence-electron chi connectivity index (χ3n) is 4.83. The van der Waals surface area contributed by atoms with Crippen molar-refractivity contribution < 1.29 is 22.8 Å². The van der Waals surface area contributed by atoms with Crippen LogP contribution in [0.4, 0.5) is 5.69 Å². The van der Waals surface area contributed by atoms with Crippen LogP contribution < -0.4 is 10.0 Å². The van der Waals surface area contributed by atoms with Gasteiger partial charge in [-0.3, -0.25) is 19.3 Å². The summed E-state index contributed by atoms with van der Waals surface area (Å²) in [6, 6.07) is 10.4. The molecule has 170 valence electrons. The van der Waals surface area contributed by atoms with Gasteiger partial charge in [0.2, 0.25) is 10.0 Å². The first-order valence-corrected chi connectivity index (χ1v) is 11.9. The van der Waals surface area contributed by atoms with Crippen molar-refractivity contribution in [2.45, 2.75) is 51.0 Å². The highest BCUT2D eigenvalue weighted by Gasteiger charge is 2.35. The SMILES string of the molecule is CCCCN1C(=O)c2ccc(C(=O)Nc3ccccc3S(=O)(=O)NC(C)(C)C)cc2C1=O. The van der Waals surface area contributed by atoms with Crippen molar-refractivity contribution in [1.29, 1.82) is 0 Å². The average Bonchev–Trinajstić information content (AvgIpc) is 2.94. The van der Waals surface area contributed by atoms with Crippen molar-refractivity contribution in [3.05, 3.63) is 59.2 Å². The maximum atomic E-state index is 12.9. The Kier molecular flexibility index (Phi) is 6.52. The Balaban J connectivity index is 1.88. The van der Waals surface area contributed by atoms with Gasteiger partial charge in [-0.25, -0.2) is 13.1 Å². The van der Waals surface area contributed by atoms with Crippen molar-refractivity contribution in [2.75, 3.05) is 11.9 Å². The molecule has 1 heterocycles. The molecule has 1 aliphatic heterocycles. The highest BCUT2D eigenvalue weighted by molar-refractivity contribution is 7.89. The van der Waals surface area contributed by atoms with E-state index in [2.05, 4.69) is 10.0 Å².